The lowest BCUT2D eigenvalue weighted by Gasteiger charge is -2.05. The molecule has 0 spiro atoms. The molecule has 7 heteroatoms. The number of aromatic hydroxyl groups is 1. The number of aromatic nitrogens is 1. The Labute approximate surface area is 147 Å². The summed E-state index contributed by atoms with van der Waals surface area (Å²) in [5.74, 6) is -0.750. The first-order chi connectivity index (χ1) is 11.9. The van der Waals surface area contributed by atoms with Gasteiger partial charge in [-0.2, -0.15) is 0 Å². The van der Waals surface area contributed by atoms with E-state index in [1.165, 1.54) is 40.3 Å². The number of hydrogen-bond acceptors (Lipinski definition) is 4. The molecule has 1 aromatic carbocycles. The lowest BCUT2D eigenvalue weighted by atomic mass is 10.2. The molecule has 2 aromatic heterocycles. The maximum absolute atomic E-state index is 13.2. The Morgan fingerprint density at radius 2 is 2.08 bits per heavy atom. The van der Waals surface area contributed by atoms with Gasteiger partial charge >= 0.3 is 0 Å². The second kappa shape index (κ2) is 6.90. The van der Waals surface area contributed by atoms with Crippen molar-refractivity contribution in [1.82, 2.24) is 9.88 Å². The van der Waals surface area contributed by atoms with Crippen LogP contribution >= 0.6 is 11.3 Å². The van der Waals surface area contributed by atoms with Gasteiger partial charge in [0.05, 0.1) is 4.88 Å². The molecule has 128 valence electrons. The van der Waals surface area contributed by atoms with E-state index in [4.69, 9.17) is 0 Å². The van der Waals surface area contributed by atoms with Crippen molar-refractivity contribution in [3.63, 3.8) is 0 Å². The maximum Gasteiger partial charge on any atom is 0.261 e. The third-order valence-corrected chi connectivity index (χ3v) is 4.83. The largest absolute Gasteiger partial charge is 0.508 e. The summed E-state index contributed by atoms with van der Waals surface area (Å²) in [7, 11) is 0. The first-order valence-corrected chi connectivity index (χ1v) is 8.31. The van der Waals surface area contributed by atoms with Gasteiger partial charge in [-0.1, -0.05) is 12.1 Å². The molecular weight excluding hydrogens is 343 g/mol. The van der Waals surface area contributed by atoms with Gasteiger partial charge in [0.15, 0.2) is 0 Å². The number of nitrogens with one attached hydrogen (secondary N) is 1. The molecule has 0 aliphatic heterocycles. The quantitative estimate of drug-likeness (QED) is 0.753. The zero-order chi connectivity index (χ0) is 18.0. The number of aryl methyl sites for hydroxylation is 1. The highest BCUT2D eigenvalue weighted by Gasteiger charge is 2.15. The van der Waals surface area contributed by atoms with Crippen LogP contribution in [-0.4, -0.2) is 15.6 Å². The summed E-state index contributed by atoms with van der Waals surface area (Å²) < 4.78 is 14.5. The molecule has 0 aliphatic rings. The van der Waals surface area contributed by atoms with Crippen molar-refractivity contribution in [3.05, 3.63) is 80.8 Å². The highest BCUT2D eigenvalue weighted by molar-refractivity contribution is 7.16. The number of carbonyl (C=O) groups excluding carboxylic acids is 1. The van der Waals surface area contributed by atoms with Crippen molar-refractivity contribution in [3.8, 4) is 10.8 Å². The monoisotopic (exact) mass is 358 g/mol. The summed E-state index contributed by atoms with van der Waals surface area (Å²) in [5.41, 5.74) is 1.02. The van der Waals surface area contributed by atoms with E-state index < -0.39 is 0 Å². The molecule has 3 aromatic rings. The van der Waals surface area contributed by atoms with Crippen LogP contribution in [0.25, 0.3) is 5.00 Å². The molecule has 0 atom stereocenters. The zero-order valence-electron chi connectivity index (χ0n) is 13.3. The van der Waals surface area contributed by atoms with E-state index in [9.17, 15) is 19.1 Å². The molecule has 25 heavy (non-hydrogen) atoms. The number of nitrogens with zero attached hydrogens (tertiary/aromatic N) is 1. The van der Waals surface area contributed by atoms with Crippen molar-refractivity contribution in [2.45, 2.75) is 13.5 Å². The fraction of sp³-hybridized carbons (Fsp3) is 0.111. The highest BCUT2D eigenvalue weighted by atomic mass is 32.1. The second-order valence-electron chi connectivity index (χ2n) is 5.50. The van der Waals surface area contributed by atoms with Crippen LogP contribution in [0.2, 0.25) is 0 Å². The minimum absolute atomic E-state index is 0.109. The molecule has 0 unspecified atom stereocenters. The van der Waals surface area contributed by atoms with Crippen molar-refractivity contribution >= 4 is 17.2 Å². The standard InChI is InChI=1S/C18H15FN2O3S/c1-11-7-16(21-6-5-14(22)9-15(21)23)25-17(11)18(24)20-10-12-3-2-4-13(19)8-12/h2-9,22H,10H2,1H3,(H,20,24). The topological polar surface area (TPSA) is 71.3 Å². The van der Waals surface area contributed by atoms with Gasteiger partial charge in [-0.3, -0.25) is 14.2 Å². The number of rotatable bonds is 4. The predicted octanol–water partition coefficient (Wildman–Crippen LogP) is 2.98. The number of amides is 1. The zero-order valence-corrected chi connectivity index (χ0v) is 14.1. The van der Waals surface area contributed by atoms with E-state index in [2.05, 4.69) is 5.32 Å². The maximum atomic E-state index is 13.2. The van der Waals surface area contributed by atoms with Gasteiger partial charge in [0, 0.05) is 18.8 Å². The molecule has 0 bridgehead atoms. The number of benzene rings is 1. The van der Waals surface area contributed by atoms with E-state index in [0.717, 1.165) is 11.6 Å². The number of carbonyl (C=O) groups is 1. The van der Waals surface area contributed by atoms with Crippen LogP contribution in [0.3, 0.4) is 0 Å². The minimum Gasteiger partial charge on any atom is -0.508 e. The average Bonchev–Trinajstić information content (AvgIpc) is 2.94. The molecule has 0 saturated carbocycles. The lowest BCUT2D eigenvalue weighted by molar-refractivity contribution is 0.0954. The Morgan fingerprint density at radius 3 is 2.80 bits per heavy atom. The van der Waals surface area contributed by atoms with E-state index in [0.29, 0.717) is 15.4 Å². The summed E-state index contributed by atoms with van der Waals surface area (Å²) in [5, 5.41) is 12.7. The SMILES string of the molecule is Cc1cc(-n2ccc(O)cc2=O)sc1C(=O)NCc1cccc(F)c1. The van der Waals surface area contributed by atoms with Gasteiger partial charge in [-0.05, 0) is 42.3 Å². The Balaban J connectivity index is 1.80. The molecule has 0 aliphatic carbocycles. The third kappa shape index (κ3) is 3.77. The van der Waals surface area contributed by atoms with Crippen LogP contribution in [0.1, 0.15) is 20.8 Å². The van der Waals surface area contributed by atoms with Gasteiger partial charge in [0.25, 0.3) is 11.5 Å². The van der Waals surface area contributed by atoms with E-state index in [1.807, 2.05) is 0 Å². The predicted molar refractivity (Wildman–Crippen MR) is 93.9 cm³/mol. The first-order valence-electron chi connectivity index (χ1n) is 7.49. The van der Waals surface area contributed by atoms with Crippen LogP contribution in [0, 0.1) is 12.7 Å². The minimum atomic E-state index is -0.382. The van der Waals surface area contributed by atoms with Crippen LogP contribution in [0.15, 0.2) is 53.5 Å². The van der Waals surface area contributed by atoms with Gasteiger partial charge in [-0.25, -0.2) is 4.39 Å². The summed E-state index contributed by atoms with van der Waals surface area (Å²) in [6, 6.07) is 10.3. The van der Waals surface area contributed by atoms with Gasteiger partial charge < -0.3 is 10.4 Å². The summed E-state index contributed by atoms with van der Waals surface area (Å²) >= 11 is 1.17. The molecule has 1 amide bonds. The molecule has 2 heterocycles. The van der Waals surface area contributed by atoms with Crippen molar-refractivity contribution in [1.29, 1.82) is 0 Å². The molecule has 0 radical (unpaired) electrons. The number of halogens is 1. The lowest BCUT2D eigenvalue weighted by Crippen LogP contribution is -2.22. The molecule has 0 fully saturated rings. The molecule has 2 N–H and O–H groups in total. The molecule has 3 rings (SSSR count). The fourth-order valence-electron chi connectivity index (χ4n) is 2.37. The van der Waals surface area contributed by atoms with Crippen molar-refractivity contribution in [2.24, 2.45) is 0 Å². The summed E-state index contributed by atoms with van der Waals surface area (Å²) in [4.78, 5) is 24.8. The van der Waals surface area contributed by atoms with E-state index in [-0.39, 0.29) is 29.6 Å². The Kier molecular flexibility index (Phi) is 4.67. The molecule has 0 saturated heterocycles. The van der Waals surface area contributed by atoms with Crippen LogP contribution in [-0.2, 0) is 6.54 Å². The Bertz CT molecular complexity index is 994. The van der Waals surface area contributed by atoms with Gasteiger partial charge in [-0.15, -0.1) is 11.3 Å². The Hall–Kier alpha value is -2.93. The summed E-state index contributed by atoms with van der Waals surface area (Å²) in [6.07, 6.45) is 1.46. The van der Waals surface area contributed by atoms with Crippen molar-refractivity contribution < 1.29 is 14.3 Å². The van der Waals surface area contributed by atoms with Gasteiger partial charge in [0.2, 0.25) is 0 Å². The first kappa shape index (κ1) is 16.9. The average molecular weight is 358 g/mol. The van der Waals surface area contributed by atoms with E-state index >= 15 is 0 Å². The second-order valence-corrected chi connectivity index (χ2v) is 6.53. The van der Waals surface area contributed by atoms with Crippen LogP contribution in [0.5, 0.6) is 5.75 Å². The fourth-order valence-corrected chi connectivity index (χ4v) is 3.45. The number of pyridine rings is 1. The third-order valence-electron chi connectivity index (χ3n) is 3.59. The normalized spacial score (nSPS) is 10.6. The van der Waals surface area contributed by atoms with E-state index in [1.54, 1.807) is 25.1 Å². The molecule has 5 nitrogen and oxygen atoms in total. The molecular formula is C18H15FN2O3S. The Morgan fingerprint density at radius 1 is 1.28 bits per heavy atom. The van der Waals surface area contributed by atoms with Crippen molar-refractivity contribution in [2.75, 3.05) is 0 Å². The highest BCUT2D eigenvalue weighted by Crippen LogP contribution is 2.25. The number of thiophene rings is 1. The summed E-state index contributed by atoms with van der Waals surface area (Å²) in [6.45, 7) is 1.99. The number of hydrogen-bond donors (Lipinski definition) is 2. The van der Waals surface area contributed by atoms with Crippen LogP contribution in [0.4, 0.5) is 4.39 Å². The van der Waals surface area contributed by atoms with Crippen LogP contribution < -0.4 is 10.9 Å². The smallest absolute Gasteiger partial charge is 0.261 e. The van der Waals surface area contributed by atoms with Gasteiger partial charge in [0.1, 0.15) is 16.6 Å².